The van der Waals surface area contributed by atoms with Crippen LogP contribution < -0.4 is 4.90 Å². The number of amides is 1. The van der Waals surface area contributed by atoms with Crippen molar-refractivity contribution in [2.24, 2.45) is 0 Å². The summed E-state index contributed by atoms with van der Waals surface area (Å²) in [6.45, 7) is 0.931. The Bertz CT molecular complexity index is 1070. The third-order valence-corrected chi connectivity index (χ3v) is 5.75. The Morgan fingerprint density at radius 2 is 1.67 bits per heavy atom. The topological polar surface area (TPSA) is 47.3 Å². The van der Waals surface area contributed by atoms with Gasteiger partial charge in [0.1, 0.15) is 6.17 Å². The normalized spacial score (nSPS) is 22.2. The fourth-order valence-electron chi connectivity index (χ4n) is 4.58. The Morgan fingerprint density at radius 1 is 0.926 bits per heavy atom. The number of nitriles is 1. The first kappa shape index (κ1) is 16.0. The van der Waals surface area contributed by atoms with E-state index in [4.69, 9.17) is 0 Å². The van der Waals surface area contributed by atoms with Gasteiger partial charge in [0, 0.05) is 17.3 Å². The molecule has 2 fully saturated rings. The molecule has 0 aliphatic carbocycles. The Hall–Kier alpha value is -3.16. The van der Waals surface area contributed by atoms with Crippen molar-refractivity contribution in [3.63, 3.8) is 0 Å². The second-order valence-corrected chi connectivity index (χ2v) is 7.18. The van der Waals surface area contributed by atoms with Crippen LogP contribution in [0.15, 0.2) is 66.7 Å². The molecule has 1 amide bonds. The van der Waals surface area contributed by atoms with E-state index in [1.807, 2.05) is 59.5 Å². The first-order chi connectivity index (χ1) is 13.3. The van der Waals surface area contributed by atoms with Crippen LogP contribution in [0.3, 0.4) is 0 Å². The minimum absolute atomic E-state index is 0.0513. The van der Waals surface area contributed by atoms with E-state index in [0.717, 1.165) is 41.4 Å². The molecule has 2 saturated heterocycles. The molecule has 4 heteroatoms. The van der Waals surface area contributed by atoms with Crippen molar-refractivity contribution in [3.05, 3.63) is 77.9 Å². The van der Waals surface area contributed by atoms with Crippen molar-refractivity contribution in [3.8, 4) is 6.07 Å². The predicted molar refractivity (Wildman–Crippen MR) is 105 cm³/mol. The highest BCUT2D eigenvalue weighted by molar-refractivity contribution is 6.08. The van der Waals surface area contributed by atoms with Crippen LogP contribution in [0.1, 0.15) is 30.1 Å². The molecule has 4 nitrogen and oxygen atoms in total. The molecule has 0 radical (unpaired) electrons. The molecule has 3 aromatic carbocycles. The van der Waals surface area contributed by atoms with Gasteiger partial charge in [-0.1, -0.05) is 54.6 Å². The highest BCUT2D eigenvalue weighted by atomic mass is 16.2. The number of hydrogen-bond acceptors (Lipinski definition) is 3. The number of carbonyl (C=O) groups is 1. The number of carbonyl (C=O) groups excluding carboxylic acids is 1. The summed E-state index contributed by atoms with van der Waals surface area (Å²) in [5, 5.41) is 11.3. The van der Waals surface area contributed by atoms with Crippen LogP contribution in [0.5, 0.6) is 0 Å². The number of anilines is 1. The zero-order valence-electron chi connectivity index (χ0n) is 14.9. The Kier molecular flexibility index (Phi) is 3.70. The van der Waals surface area contributed by atoms with Gasteiger partial charge in [-0.05, 0) is 30.5 Å². The van der Waals surface area contributed by atoms with Gasteiger partial charge in [0.2, 0.25) is 5.91 Å². The maximum atomic E-state index is 13.4. The third kappa shape index (κ3) is 2.36. The SMILES string of the molecule is N#Cc1ccc(N2C(=O)C3CCCN3[C@@H]2c2ccccc2)c2ccccc12. The highest BCUT2D eigenvalue weighted by Gasteiger charge is 2.49. The number of fused-ring (bicyclic) bond motifs is 2. The molecule has 3 aromatic rings. The summed E-state index contributed by atoms with van der Waals surface area (Å²) in [7, 11) is 0. The molecule has 2 atom stereocenters. The summed E-state index contributed by atoms with van der Waals surface area (Å²) >= 11 is 0. The highest BCUT2D eigenvalue weighted by Crippen LogP contribution is 2.44. The second-order valence-electron chi connectivity index (χ2n) is 7.18. The number of rotatable bonds is 2. The molecule has 0 saturated carbocycles. The summed E-state index contributed by atoms with van der Waals surface area (Å²) in [6, 6.07) is 24.1. The molecular weight excluding hydrogens is 334 g/mol. The summed E-state index contributed by atoms with van der Waals surface area (Å²) in [5.41, 5.74) is 2.65. The van der Waals surface area contributed by atoms with Gasteiger partial charge in [0.05, 0.1) is 23.4 Å². The van der Waals surface area contributed by atoms with Gasteiger partial charge < -0.3 is 0 Å². The van der Waals surface area contributed by atoms with Crippen molar-refractivity contribution in [1.29, 1.82) is 5.26 Å². The van der Waals surface area contributed by atoms with E-state index < -0.39 is 0 Å². The zero-order valence-corrected chi connectivity index (χ0v) is 14.9. The third-order valence-electron chi connectivity index (χ3n) is 5.75. The molecule has 0 spiro atoms. The van der Waals surface area contributed by atoms with Crippen LogP contribution in [0, 0.1) is 11.3 Å². The molecular formula is C23H19N3O. The summed E-state index contributed by atoms with van der Waals surface area (Å²) in [4.78, 5) is 17.7. The van der Waals surface area contributed by atoms with Crippen LogP contribution in [0.4, 0.5) is 5.69 Å². The van der Waals surface area contributed by atoms with Crippen molar-refractivity contribution in [2.75, 3.05) is 11.4 Å². The summed E-state index contributed by atoms with van der Waals surface area (Å²) < 4.78 is 0. The monoisotopic (exact) mass is 353 g/mol. The quantitative estimate of drug-likeness (QED) is 0.693. The van der Waals surface area contributed by atoms with Crippen LogP contribution in [0.2, 0.25) is 0 Å². The molecule has 0 N–H and O–H groups in total. The average Bonchev–Trinajstić information content (AvgIpc) is 3.30. The molecule has 5 rings (SSSR count). The minimum atomic E-state index is -0.0949. The van der Waals surface area contributed by atoms with Crippen LogP contribution >= 0.6 is 0 Å². The zero-order chi connectivity index (χ0) is 18.4. The summed E-state index contributed by atoms with van der Waals surface area (Å²) in [6.07, 6.45) is 1.87. The van der Waals surface area contributed by atoms with Crippen molar-refractivity contribution >= 4 is 22.4 Å². The lowest BCUT2D eigenvalue weighted by molar-refractivity contribution is -0.119. The fraction of sp³-hybridized carbons (Fsp3) is 0.217. The maximum absolute atomic E-state index is 13.4. The first-order valence-corrected chi connectivity index (χ1v) is 9.35. The van der Waals surface area contributed by atoms with Gasteiger partial charge in [-0.15, -0.1) is 0 Å². The lowest BCUT2D eigenvalue weighted by Crippen LogP contribution is -2.32. The fourth-order valence-corrected chi connectivity index (χ4v) is 4.58. The van der Waals surface area contributed by atoms with Crippen molar-refractivity contribution in [2.45, 2.75) is 25.0 Å². The van der Waals surface area contributed by atoms with Gasteiger partial charge in [0.25, 0.3) is 0 Å². The van der Waals surface area contributed by atoms with Gasteiger partial charge in [-0.25, -0.2) is 0 Å². The Morgan fingerprint density at radius 3 is 2.44 bits per heavy atom. The van der Waals surface area contributed by atoms with Crippen LogP contribution in [-0.4, -0.2) is 23.4 Å². The minimum Gasteiger partial charge on any atom is -0.290 e. The molecule has 27 heavy (non-hydrogen) atoms. The largest absolute Gasteiger partial charge is 0.290 e. The van der Waals surface area contributed by atoms with E-state index in [2.05, 4.69) is 23.1 Å². The second kappa shape index (κ2) is 6.22. The molecule has 2 aliphatic rings. The molecule has 0 bridgehead atoms. The molecule has 2 heterocycles. The standard InChI is InChI=1S/C23H19N3O/c24-15-17-12-13-20(19-10-5-4-9-18(17)19)26-22(16-7-2-1-3-8-16)25-14-6-11-21(25)23(26)27/h1-5,7-10,12-13,21-22H,6,11,14H2/t21?,22-/m0/s1. The number of nitrogens with zero attached hydrogens (tertiary/aromatic N) is 3. The number of hydrogen-bond donors (Lipinski definition) is 0. The molecule has 1 unspecified atom stereocenters. The van der Waals surface area contributed by atoms with E-state index in [1.54, 1.807) is 0 Å². The first-order valence-electron chi connectivity index (χ1n) is 9.35. The molecule has 0 aromatic heterocycles. The van der Waals surface area contributed by atoms with E-state index >= 15 is 0 Å². The lowest BCUT2D eigenvalue weighted by Gasteiger charge is -2.30. The molecule has 2 aliphatic heterocycles. The smallest absolute Gasteiger partial charge is 0.246 e. The van der Waals surface area contributed by atoms with E-state index in [1.165, 1.54) is 0 Å². The molecule has 132 valence electrons. The van der Waals surface area contributed by atoms with E-state index in [0.29, 0.717) is 5.56 Å². The van der Waals surface area contributed by atoms with Gasteiger partial charge >= 0.3 is 0 Å². The van der Waals surface area contributed by atoms with Crippen LogP contribution in [-0.2, 0) is 4.79 Å². The maximum Gasteiger partial charge on any atom is 0.246 e. The van der Waals surface area contributed by atoms with Crippen molar-refractivity contribution < 1.29 is 4.79 Å². The predicted octanol–water partition coefficient (Wildman–Crippen LogP) is 4.22. The van der Waals surface area contributed by atoms with Gasteiger partial charge in [0.15, 0.2) is 0 Å². The lowest BCUT2D eigenvalue weighted by atomic mass is 10.0. The van der Waals surface area contributed by atoms with E-state index in [9.17, 15) is 10.1 Å². The number of benzene rings is 3. The Balaban J connectivity index is 1.73. The van der Waals surface area contributed by atoms with E-state index in [-0.39, 0.29) is 18.1 Å². The van der Waals surface area contributed by atoms with Crippen molar-refractivity contribution in [1.82, 2.24) is 4.90 Å². The Labute approximate surface area is 158 Å². The summed E-state index contributed by atoms with van der Waals surface area (Å²) in [5.74, 6) is 0.163. The average molecular weight is 353 g/mol. The van der Waals surface area contributed by atoms with Gasteiger partial charge in [-0.2, -0.15) is 5.26 Å². The van der Waals surface area contributed by atoms with Gasteiger partial charge in [-0.3, -0.25) is 14.6 Å². The van der Waals surface area contributed by atoms with Crippen LogP contribution in [0.25, 0.3) is 10.8 Å².